The van der Waals surface area contributed by atoms with Crippen LogP contribution in [0.5, 0.6) is 0 Å². The van der Waals surface area contributed by atoms with Crippen molar-refractivity contribution in [3.05, 3.63) is 42.2 Å². The highest BCUT2D eigenvalue weighted by Gasteiger charge is 2.05. The fourth-order valence-electron chi connectivity index (χ4n) is 1.61. The third kappa shape index (κ3) is 3.07. The number of para-hydroxylation sites is 1. The van der Waals surface area contributed by atoms with E-state index in [1.165, 1.54) is 0 Å². The van der Waals surface area contributed by atoms with E-state index in [0.29, 0.717) is 5.11 Å². The van der Waals surface area contributed by atoms with E-state index in [4.69, 9.17) is 12.2 Å². The topological polar surface area (TPSA) is 41.9 Å². The highest BCUT2D eigenvalue weighted by atomic mass is 32.1. The van der Waals surface area contributed by atoms with Crippen molar-refractivity contribution in [3.8, 4) is 0 Å². The zero-order valence-electron chi connectivity index (χ0n) is 10.5. The molecule has 1 heterocycles. The Bertz CT molecular complexity index is 533. The highest BCUT2D eigenvalue weighted by Crippen LogP contribution is 2.13. The number of aryl methyl sites for hydroxylation is 2. The van der Waals surface area contributed by atoms with Crippen molar-refractivity contribution in [2.24, 2.45) is 0 Å². The van der Waals surface area contributed by atoms with E-state index < -0.39 is 0 Å². The number of hydrogen-bond acceptors (Lipinski definition) is 2. The lowest BCUT2D eigenvalue weighted by Crippen LogP contribution is -2.19. The van der Waals surface area contributed by atoms with Crippen molar-refractivity contribution < 1.29 is 0 Å². The normalized spacial score (nSPS) is 10.1. The maximum absolute atomic E-state index is 5.26. The number of thiocarbonyl (C=S) groups is 1. The molecule has 2 aromatic rings. The first-order valence-corrected chi connectivity index (χ1v) is 6.27. The van der Waals surface area contributed by atoms with Crippen LogP contribution in [0.2, 0.25) is 0 Å². The molecule has 18 heavy (non-hydrogen) atoms. The molecule has 0 bridgehead atoms. The van der Waals surface area contributed by atoms with E-state index in [1.807, 2.05) is 48.1 Å². The van der Waals surface area contributed by atoms with Gasteiger partial charge in [0, 0.05) is 18.4 Å². The summed E-state index contributed by atoms with van der Waals surface area (Å²) in [6, 6.07) is 9.83. The minimum Gasteiger partial charge on any atom is -0.332 e. The van der Waals surface area contributed by atoms with Gasteiger partial charge in [-0.25, -0.2) is 0 Å². The summed E-state index contributed by atoms with van der Waals surface area (Å²) < 4.78 is 1.88. The predicted octanol–water partition coefficient (Wildman–Crippen LogP) is 3.02. The average molecular weight is 260 g/mol. The summed E-state index contributed by atoms with van der Waals surface area (Å²) in [4.78, 5) is 0. The van der Waals surface area contributed by atoms with Crippen LogP contribution in [0.15, 0.2) is 36.5 Å². The zero-order chi connectivity index (χ0) is 13.0. The summed E-state index contributed by atoms with van der Waals surface area (Å²) in [5.74, 6) is 0. The molecule has 2 rings (SSSR count). The minimum absolute atomic E-state index is 0.569. The van der Waals surface area contributed by atoms with Crippen LogP contribution in [0.4, 0.5) is 11.4 Å². The van der Waals surface area contributed by atoms with Crippen molar-refractivity contribution in [1.29, 1.82) is 0 Å². The second kappa shape index (κ2) is 5.64. The molecule has 0 unspecified atom stereocenters. The molecule has 1 aromatic carbocycles. The maximum atomic E-state index is 5.26. The molecule has 0 amide bonds. The Hall–Kier alpha value is -1.88. The van der Waals surface area contributed by atoms with Crippen LogP contribution >= 0.6 is 12.2 Å². The number of rotatable bonds is 3. The number of nitrogens with one attached hydrogen (secondary N) is 2. The van der Waals surface area contributed by atoms with Crippen molar-refractivity contribution in [2.75, 3.05) is 10.6 Å². The van der Waals surface area contributed by atoms with E-state index in [9.17, 15) is 0 Å². The molecule has 0 aliphatic carbocycles. The van der Waals surface area contributed by atoms with Gasteiger partial charge in [-0.15, -0.1) is 0 Å². The molecular weight excluding hydrogens is 244 g/mol. The molecule has 0 saturated heterocycles. The van der Waals surface area contributed by atoms with Gasteiger partial charge in [0.1, 0.15) is 0 Å². The second-order valence-electron chi connectivity index (χ2n) is 3.93. The Balaban J connectivity index is 2.01. The van der Waals surface area contributed by atoms with Crippen LogP contribution in [0.25, 0.3) is 0 Å². The lowest BCUT2D eigenvalue weighted by molar-refractivity contribution is 0.653. The number of hydrogen-bond donors (Lipinski definition) is 2. The van der Waals surface area contributed by atoms with Crippen LogP contribution in [0.1, 0.15) is 12.6 Å². The first-order valence-electron chi connectivity index (χ1n) is 5.86. The van der Waals surface area contributed by atoms with Gasteiger partial charge >= 0.3 is 0 Å². The molecule has 0 aliphatic heterocycles. The molecular formula is C13H16N4S. The zero-order valence-corrected chi connectivity index (χ0v) is 11.3. The number of benzene rings is 1. The van der Waals surface area contributed by atoms with E-state index >= 15 is 0 Å². The third-order valence-electron chi connectivity index (χ3n) is 2.55. The van der Waals surface area contributed by atoms with Crippen LogP contribution in [0.3, 0.4) is 0 Å². The van der Waals surface area contributed by atoms with Gasteiger partial charge in [0.15, 0.2) is 5.11 Å². The quantitative estimate of drug-likeness (QED) is 0.832. The van der Waals surface area contributed by atoms with Gasteiger partial charge in [0.25, 0.3) is 0 Å². The van der Waals surface area contributed by atoms with E-state index in [2.05, 4.69) is 22.7 Å². The fraction of sp³-hybridized carbons (Fsp3) is 0.231. The summed E-state index contributed by atoms with van der Waals surface area (Å²) >= 11 is 5.26. The van der Waals surface area contributed by atoms with E-state index in [0.717, 1.165) is 23.6 Å². The van der Waals surface area contributed by atoms with E-state index in [1.54, 1.807) is 0 Å². The van der Waals surface area contributed by atoms with Crippen molar-refractivity contribution >= 4 is 28.7 Å². The van der Waals surface area contributed by atoms with E-state index in [-0.39, 0.29) is 0 Å². The van der Waals surface area contributed by atoms with Crippen LogP contribution < -0.4 is 10.6 Å². The van der Waals surface area contributed by atoms with Crippen molar-refractivity contribution in [3.63, 3.8) is 0 Å². The van der Waals surface area contributed by atoms with Gasteiger partial charge in [-0.2, -0.15) is 5.10 Å². The predicted molar refractivity (Wildman–Crippen MR) is 78.9 cm³/mol. The summed E-state index contributed by atoms with van der Waals surface area (Å²) in [7, 11) is 0. The molecule has 0 saturated carbocycles. The molecule has 0 fully saturated rings. The lowest BCUT2D eigenvalue weighted by atomic mass is 10.3. The van der Waals surface area contributed by atoms with Gasteiger partial charge in [0.05, 0.1) is 11.4 Å². The maximum Gasteiger partial charge on any atom is 0.175 e. The Morgan fingerprint density at radius 3 is 2.61 bits per heavy atom. The lowest BCUT2D eigenvalue weighted by Gasteiger charge is -2.09. The van der Waals surface area contributed by atoms with Gasteiger partial charge in [0.2, 0.25) is 0 Å². The molecule has 94 valence electrons. The first-order chi connectivity index (χ1) is 8.69. The number of aromatic nitrogens is 2. The molecule has 5 heteroatoms. The van der Waals surface area contributed by atoms with Crippen molar-refractivity contribution in [2.45, 2.75) is 20.4 Å². The fourth-order valence-corrected chi connectivity index (χ4v) is 1.84. The molecule has 0 atom stereocenters. The van der Waals surface area contributed by atoms with Crippen LogP contribution in [-0.2, 0) is 6.54 Å². The average Bonchev–Trinajstić information content (AvgIpc) is 2.71. The monoisotopic (exact) mass is 260 g/mol. The minimum atomic E-state index is 0.569. The third-order valence-corrected chi connectivity index (χ3v) is 2.75. The Morgan fingerprint density at radius 1 is 1.28 bits per heavy atom. The summed E-state index contributed by atoms with van der Waals surface area (Å²) in [5, 5.41) is 11.2. The Morgan fingerprint density at radius 2 is 2.00 bits per heavy atom. The summed E-state index contributed by atoms with van der Waals surface area (Å²) in [6.07, 6.45) is 1.95. The highest BCUT2D eigenvalue weighted by molar-refractivity contribution is 7.80. The van der Waals surface area contributed by atoms with Crippen LogP contribution in [0, 0.1) is 6.92 Å². The number of anilines is 2. The van der Waals surface area contributed by atoms with Gasteiger partial charge in [-0.3, -0.25) is 4.68 Å². The second-order valence-corrected chi connectivity index (χ2v) is 4.34. The first kappa shape index (κ1) is 12.6. The molecule has 0 aliphatic rings. The standard InChI is InChI=1S/C13H16N4S/c1-3-17-9-12(10(2)16-17)15-13(18)14-11-7-5-4-6-8-11/h4-9H,3H2,1-2H3,(H2,14,15,18). The molecule has 0 radical (unpaired) electrons. The van der Waals surface area contributed by atoms with Gasteiger partial charge in [-0.05, 0) is 38.2 Å². The largest absolute Gasteiger partial charge is 0.332 e. The molecule has 2 N–H and O–H groups in total. The summed E-state index contributed by atoms with van der Waals surface area (Å²) in [5.41, 5.74) is 2.84. The molecule has 1 aromatic heterocycles. The SMILES string of the molecule is CCn1cc(NC(=S)Nc2ccccc2)c(C)n1. The van der Waals surface area contributed by atoms with Crippen molar-refractivity contribution in [1.82, 2.24) is 9.78 Å². The Labute approximate surface area is 112 Å². The smallest absolute Gasteiger partial charge is 0.175 e. The summed E-state index contributed by atoms with van der Waals surface area (Å²) in [6.45, 7) is 4.86. The number of nitrogens with zero attached hydrogens (tertiary/aromatic N) is 2. The Kier molecular flexibility index (Phi) is 3.94. The van der Waals surface area contributed by atoms with Gasteiger partial charge in [-0.1, -0.05) is 18.2 Å². The van der Waals surface area contributed by atoms with Crippen LogP contribution in [-0.4, -0.2) is 14.9 Å². The molecule has 4 nitrogen and oxygen atoms in total. The van der Waals surface area contributed by atoms with Gasteiger partial charge < -0.3 is 10.6 Å². The molecule has 0 spiro atoms.